The van der Waals surface area contributed by atoms with E-state index in [2.05, 4.69) is 69.9 Å². The molecule has 150 valence electrons. The minimum Gasteiger partial charge on any atom is -0.372 e. The second-order valence-electron chi connectivity index (χ2n) is 8.54. The van der Waals surface area contributed by atoms with Crippen LogP contribution in [0.15, 0.2) is 42.7 Å². The number of rotatable bonds is 3. The summed E-state index contributed by atoms with van der Waals surface area (Å²) in [6.45, 7) is 6.84. The van der Waals surface area contributed by atoms with Crippen LogP contribution in [-0.4, -0.2) is 47.7 Å². The summed E-state index contributed by atoms with van der Waals surface area (Å²) in [5.41, 5.74) is 8.27. The molecule has 0 aliphatic carbocycles. The average molecular weight is 387 g/mol. The van der Waals surface area contributed by atoms with Crippen molar-refractivity contribution >= 4 is 28.4 Å². The van der Waals surface area contributed by atoms with Crippen LogP contribution >= 0.6 is 0 Å². The molecule has 0 saturated carbocycles. The van der Waals surface area contributed by atoms with Gasteiger partial charge in [0.1, 0.15) is 0 Å². The van der Waals surface area contributed by atoms with E-state index in [0.29, 0.717) is 0 Å². The number of anilines is 1. The Hall–Kier alpha value is -2.59. The van der Waals surface area contributed by atoms with E-state index in [-0.39, 0.29) is 0 Å². The van der Waals surface area contributed by atoms with E-state index in [4.69, 9.17) is 0 Å². The van der Waals surface area contributed by atoms with Crippen molar-refractivity contribution in [1.29, 1.82) is 0 Å². The van der Waals surface area contributed by atoms with E-state index in [1.54, 1.807) is 5.56 Å². The van der Waals surface area contributed by atoms with Crippen molar-refractivity contribution in [3.63, 3.8) is 0 Å². The Morgan fingerprint density at radius 2 is 1.72 bits per heavy atom. The topological polar surface area (TPSA) is 24.3 Å². The highest BCUT2D eigenvalue weighted by atomic mass is 15.1. The van der Waals surface area contributed by atoms with Crippen LogP contribution in [0.25, 0.3) is 22.7 Å². The maximum absolute atomic E-state index is 4.17. The molecule has 0 radical (unpaired) electrons. The van der Waals surface area contributed by atoms with Crippen molar-refractivity contribution < 1.29 is 0 Å². The van der Waals surface area contributed by atoms with Crippen LogP contribution in [0.4, 0.5) is 5.69 Å². The molecule has 1 saturated heterocycles. The number of aromatic nitrogens is 2. The Labute approximate surface area is 173 Å². The van der Waals surface area contributed by atoms with E-state index < -0.39 is 0 Å². The smallest absolute Gasteiger partial charge is 0.0529 e. The van der Waals surface area contributed by atoms with E-state index in [1.807, 2.05) is 12.4 Å². The zero-order chi connectivity index (χ0) is 19.8. The molecule has 0 bridgehead atoms. The highest BCUT2D eigenvalue weighted by Gasteiger charge is 2.21. The average Bonchev–Trinajstić information content (AvgIpc) is 3.33. The maximum atomic E-state index is 4.17. The van der Waals surface area contributed by atoms with Gasteiger partial charge >= 0.3 is 0 Å². The van der Waals surface area contributed by atoms with Gasteiger partial charge in [-0.15, -0.1) is 0 Å². The first-order chi connectivity index (χ1) is 14.2. The Balaban J connectivity index is 1.66. The summed E-state index contributed by atoms with van der Waals surface area (Å²) in [5.74, 6) is 0. The van der Waals surface area contributed by atoms with E-state index in [0.717, 1.165) is 25.9 Å². The number of pyridine rings is 1. The fraction of sp³-hybridized carbons (Fsp3) is 0.400. The van der Waals surface area contributed by atoms with Crippen LogP contribution in [0, 0.1) is 0 Å². The first-order valence-electron chi connectivity index (χ1n) is 10.9. The van der Waals surface area contributed by atoms with Crippen LogP contribution in [0.5, 0.6) is 0 Å². The highest BCUT2D eigenvalue weighted by Crippen LogP contribution is 2.34. The fourth-order valence-corrected chi connectivity index (χ4v) is 4.89. The summed E-state index contributed by atoms with van der Waals surface area (Å²) in [4.78, 5) is 9.17. The summed E-state index contributed by atoms with van der Waals surface area (Å²) < 4.78 is 2.47. The van der Waals surface area contributed by atoms with Crippen molar-refractivity contribution in [2.75, 3.05) is 38.1 Å². The van der Waals surface area contributed by atoms with Crippen molar-refractivity contribution in [3.8, 4) is 0 Å². The lowest BCUT2D eigenvalue weighted by molar-refractivity contribution is 0.351. The third kappa shape index (κ3) is 3.46. The Morgan fingerprint density at radius 1 is 0.966 bits per heavy atom. The molecule has 1 aromatic carbocycles. The standard InChI is InChI=1S/C25H30N4/c1-19(20-7-11-26-12-8-20)18-29-24-6-5-21(28-13-3-4-14-28)17-23(24)22-9-15-27(2)16-10-25(22)29/h5-8,11-12,17-18H,3-4,9-10,13-16H2,1-2H3. The molecule has 4 heterocycles. The minimum atomic E-state index is 1.10. The maximum Gasteiger partial charge on any atom is 0.0529 e. The molecule has 2 aliphatic heterocycles. The molecule has 2 aromatic heterocycles. The summed E-state index contributed by atoms with van der Waals surface area (Å²) in [6, 6.07) is 11.3. The van der Waals surface area contributed by atoms with Crippen LogP contribution in [0.2, 0.25) is 0 Å². The number of benzene rings is 1. The van der Waals surface area contributed by atoms with E-state index >= 15 is 0 Å². The summed E-state index contributed by atoms with van der Waals surface area (Å²) in [7, 11) is 2.24. The lowest BCUT2D eigenvalue weighted by Crippen LogP contribution is -2.21. The second kappa shape index (κ2) is 7.68. The van der Waals surface area contributed by atoms with Crippen LogP contribution < -0.4 is 4.90 Å². The predicted octanol–water partition coefficient (Wildman–Crippen LogP) is 4.68. The molecular formula is C25H30N4. The molecule has 0 N–H and O–H groups in total. The molecule has 0 atom stereocenters. The Bertz CT molecular complexity index is 1040. The number of likely N-dealkylation sites (N-methyl/N-ethyl adjacent to an activating group) is 1. The van der Waals surface area contributed by atoms with Crippen LogP contribution in [0.3, 0.4) is 0 Å². The van der Waals surface area contributed by atoms with Gasteiger partial charge in [-0.25, -0.2) is 0 Å². The lowest BCUT2D eigenvalue weighted by atomic mass is 10.1. The number of nitrogens with zero attached hydrogens (tertiary/aromatic N) is 4. The molecule has 3 aromatic rings. The normalized spacial score (nSPS) is 18.3. The summed E-state index contributed by atoms with van der Waals surface area (Å²) in [5, 5.41) is 1.44. The first kappa shape index (κ1) is 18.4. The Morgan fingerprint density at radius 3 is 2.52 bits per heavy atom. The number of hydrogen-bond acceptors (Lipinski definition) is 3. The van der Waals surface area contributed by atoms with Gasteiger partial charge in [0.15, 0.2) is 0 Å². The molecular weight excluding hydrogens is 356 g/mol. The largest absolute Gasteiger partial charge is 0.372 e. The van der Waals surface area contributed by atoms with Crippen molar-refractivity contribution in [1.82, 2.24) is 14.5 Å². The first-order valence-corrected chi connectivity index (χ1v) is 10.9. The summed E-state index contributed by atoms with van der Waals surface area (Å²) in [6.07, 6.45) is 10.9. The summed E-state index contributed by atoms with van der Waals surface area (Å²) >= 11 is 0. The van der Waals surface area contributed by atoms with Gasteiger partial charge in [0, 0.05) is 68.0 Å². The van der Waals surface area contributed by atoms with Crippen molar-refractivity contribution in [2.24, 2.45) is 0 Å². The predicted molar refractivity (Wildman–Crippen MR) is 122 cm³/mol. The van der Waals surface area contributed by atoms with Crippen LogP contribution in [0.1, 0.15) is 36.6 Å². The monoisotopic (exact) mass is 386 g/mol. The molecule has 4 heteroatoms. The fourth-order valence-electron chi connectivity index (χ4n) is 4.89. The van der Waals surface area contributed by atoms with Gasteiger partial charge in [-0.05, 0) is 80.3 Å². The molecule has 4 nitrogen and oxygen atoms in total. The second-order valence-corrected chi connectivity index (χ2v) is 8.54. The zero-order valence-electron chi connectivity index (χ0n) is 17.6. The molecule has 2 aliphatic rings. The number of fused-ring (bicyclic) bond motifs is 3. The molecule has 0 amide bonds. The number of hydrogen-bond donors (Lipinski definition) is 0. The van der Waals surface area contributed by atoms with Gasteiger partial charge in [-0.3, -0.25) is 4.98 Å². The van der Waals surface area contributed by atoms with Crippen LogP contribution in [-0.2, 0) is 12.8 Å². The van der Waals surface area contributed by atoms with E-state index in [9.17, 15) is 0 Å². The van der Waals surface area contributed by atoms with E-state index in [1.165, 1.54) is 59.4 Å². The van der Waals surface area contributed by atoms with Gasteiger partial charge < -0.3 is 14.4 Å². The molecule has 0 spiro atoms. The van der Waals surface area contributed by atoms with Crippen molar-refractivity contribution in [3.05, 3.63) is 59.5 Å². The van der Waals surface area contributed by atoms with Gasteiger partial charge in [0.05, 0.1) is 5.52 Å². The SMILES string of the molecule is CC(=Cn1c2c(c3cc(N4CCCC4)ccc31)CCN(C)CC2)c1ccncc1. The van der Waals surface area contributed by atoms with Gasteiger partial charge in [-0.1, -0.05) is 0 Å². The van der Waals surface area contributed by atoms with Crippen molar-refractivity contribution in [2.45, 2.75) is 32.6 Å². The third-order valence-electron chi connectivity index (χ3n) is 6.61. The lowest BCUT2D eigenvalue weighted by Gasteiger charge is -2.18. The van der Waals surface area contributed by atoms with Gasteiger partial charge in [0.25, 0.3) is 0 Å². The van der Waals surface area contributed by atoms with Gasteiger partial charge in [-0.2, -0.15) is 0 Å². The quantitative estimate of drug-likeness (QED) is 0.653. The van der Waals surface area contributed by atoms with Gasteiger partial charge in [0.2, 0.25) is 0 Å². The molecule has 29 heavy (non-hydrogen) atoms. The minimum absolute atomic E-state index is 1.10. The molecule has 5 rings (SSSR count). The molecule has 1 fully saturated rings. The third-order valence-corrected chi connectivity index (χ3v) is 6.61. The molecule has 0 unspecified atom stereocenters. The zero-order valence-corrected chi connectivity index (χ0v) is 17.6. The number of allylic oxidation sites excluding steroid dienone is 1. The highest BCUT2D eigenvalue weighted by molar-refractivity contribution is 5.92. The Kier molecular flexibility index (Phi) is 4.88.